The van der Waals surface area contributed by atoms with Crippen LogP contribution in [-0.2, 0) is 0 Å². The van der Waals surface area contributed by atoms with Crippen molar-refractivity contribution >= 4 is 17.5 Å². The predicted molar refractivity (Wildman–Crippen MR) is 108 cm³/mol. The zero-order valence-electron chi connectivity index (χ0n) is 16.3. The zero-order valence-corrected chi connectivity index (χ0v) is 16.3. The third kappa shape index (κ3) is 4.03. The van der Waals surface area contributed by atoms with Crippen molar-refractivity contribution in [3.05, 3.63) is 59.7 Å². The van der Waals surface area contributed by atoms with Crippen molar-refractivity contribution in [2.75, 3.05) is 36.4 Å². The van der Waals surface area contributed by atoms with Crippen LogP contribution in [0.1, 0.15) is 11.4 Å². The first-order valence-corrected chi connectivity index (χ1v) is 9.44. The topological polar surface area (TPSA) is 79.2 Å². The molecule has 1 saturated heterocycles. The Balaban J connectivity index is 1.36. The number of hydrogen-bond donors (Lipinski definition) is 1. The summed E-state index contributed by atoms with van der Waals surface area (Å²) in [6.45, 7) is 6.19. The first-order valence-electron chi connectivity index (χ1n) is 9.44. The molecule has 0 unspecified atom stereocenters. The molecule has 4 rings (SSSR count). The third-order valence-corrected chi connectivity index (χ3v) is 4.87. The lowest BCUT2D eigenvalue weighted by Crippen LogP contribution is -2.50. The average Bonchev–Trinajstić information content (AvgIpc) is 3.08. The van der Waals surface area contributed by atoms with E-state index in [1.165, 1.54) is 6.07 Å². The summed E-state index contributed by atoms with van der Waals surface area (Å²) in [4.78, 5) is 16.1. The lowest BCUT2D eigenvalue weighted by Gasteiger charge is -2.35. The fourth-order valence-electron chi connectivity index (χ4n) is 3.36. The molecule has 3 aromatic rings. The molecule has 0 atom stereocenters. The number of halogens is 1. The molecule has 0 bridgehead atoms. The van der Waals surface area contributed by atoms with E-state index in [4.69, 9.17) is 0 Å². The molecule has 1 aliphatic heterocycles. The number of aryl methyl sites for hydroxylation is 2. The first-order chi connectivity index (χ1) is 14.0. The molecule has 1 aromatic carbocycles. The van der Waals surface area contributed by atoms with Gasteiger partial charge in [0.2, 0.25) is 0 Å². The van der Waals surface area contributed by atoms with Crippen LogP contribution in [0, 0.1) is 19.7 Å². The summed E-state index contributed by atoms with van der Waals surface area (Å²) >= 11 is 0. The van der Waals surface area contributed by atoms with E-state index in [0.717, 1.165) is 17.2 Å². The molecule has 2 aromatic heterocycles. The largest absolute Gasteiger partial charge is 0.352 e. The molecule has 0 saturated carbocycles. The first kappa shape index (κ1) is 18.9. The van der Waals surface area contributed by atoms with Crippen molar-refractivity contribution in [2.24, 2.45) is 0 Å². The number of nitrogens with zero attached hydrogens (tertiary/aromatic N) is 6. The van der Waals surface area contributed by atoms with Crippen LogP contribution in [-0.4, -0.2) is 57.1 Å². The second-order valence-corrected chi connectivity index (χ2v) is 6.97. The minimum absolute atomic E-state index is 0.186. The van der Waals surface area contributed by atoms with Gasteiger partial charge in [-0.25, -0.2) is 13.9 Å². The Bertz CT molecular complexity index is 1010. The number of aromatic nitrogens is 4. The van der Waals surface area contributed by atoms with Crippen LogP contribution < -0.4 is 10.2 Å². The van der Waals surface area contributed by atoms with Gasteiger partial charge in [0.05, 0.1) is 11.4 Å². The van der Waals surface area contributed by atoms with E-state index in [1.54, 1.807) is 27.8 Å². The predicted octanol–water partition coefficient (Wildman–Crippen LogP) is 2.77. The minimum Gasteiger partial charge on any atom is -0.352 e. The quantitative estimate of drug-likeness (QED) is 0.738. The molecular formula is C20H22FN7O. The lowest BCUT2D eigenvalue weighted by molar-refractivity contribution is 0.208. The van der Waals surface area contributed by atoms with Crippen molar-refractivity contribution in [3.63, 3.8) is 0 Å². The Morgan fingerprint density at radius 1 is 1.00 bits per heavy atom. The van der Waals surface area contributed by atoms with Gasteiger partial charge >= 0.3 is 6.03 Å². The highest BCUT2D eigenvalue weighted by Crippen LogP contribution is 2.17. The van der Waals surface area contributed by atoms with Gasteiger partial charge in [-0.2, -0.15) is 5.10 Å². The van der Waals surface area contributed by atoms with Crippen LogP contribution in [0.25, 0.3) is 5.82 Å². The average molecular weight is 395 g/mol. The van der Waals surface area contributed by atoms with E-state index in [1.807, 2.05) is 32.0 Å². The Hall–Kier alpha value is -3.49. The molecule has 150 valence electrons. The number of carbonyl (C=O) groups excluding carboxylic acids is 1. The van der Waals surface area contributed by atoms with Crippen LogP contribution in [0.3, 0.4) is 0 Å². The van der Waals surface area contributed by atoms with Crippen LogP contribution in [0.15, 0.2) is 42.5 Å². The second-order valence-electron chi connectivity index (χ2n) is 6.97. The fraction of sp³-hybridized carbons (Fsp3) is 0.300. The standard InChI is InChI=1S/C20H22FN7O/c1-14-13-15(2)28(25-14)19-8-7-18(23-24-19)26-9-11-27(12-10-26)20(29)22-17-6-4-3-5-16(17)21/h3-8,13H,9-12H2,1-2H3,(H,22,29). The van der Waals surface area contributed by atoms with Crippen molar-refractivity contribution in [1.29, 1.82) is 0 Å². The van der Waals surface area contributed by atoms with E-state index in [0.29, 0.717) is 32.0 Å². The Labute approximate surface area is 168 Å². The molecule has 8 nitrogen and oxygen atoms in total. The molecule has 1 fully saturated rings. The van der Waals surface area contributed by atoms with E-state index < -0.39 is 5.82 Å². The number of hydrogen-bond acceptors (Lipinski definition) is 5. The third-order valence-electron chi connectivity index (χ3n) is 4.87. The van der Waals surface area contributed by atoms with E-state index >= 15 is 0 Å². The summed E-state index contributed by atoms with van der Waals surface area (Å²) in [5.41, 5.74) is 2.11. The Morgan fingerprint density at radius 3 is 2.31 bits per heavy atom. The normalized spacial score (nSPS) is 14.2. The van der Waals surface area contributed by atoms with E-state index in [-0.39, 0.29) is 11.7 Å². The summed E-state index contributed by atoms with van der Waals surface area (Å²) in [5, 5.41) is 15.7. The van der Waals surface area contributed by atoms with Gasteiger partial charge in [-0.15, -0.1) is 10.2 Å². The maximum Gasteiger partial charge on any atom is 0.322 e. The van der Waals surface area contributed by atoms with Crippen molar-refractivity contribution < 1.29 is 9.18 Å². The molecule has 0 radical (unpaired) electrons. The number of rotatable bonds is 3. The van der Waals surface area contributed by atoms with Gasteiger partial charge in [-0.1, -0.05) is 12.1 Å². The van der Waals surface area contributed by atoms with Gasteiger partial charge < -0.3 is 15.1 Å². The van der Waals surface area contributed by atoms with Crippen LogP contribution >= 0.6 is 0 Å². The highest BCUT2D eigenvalue weighted by molar-refractivity contribution is 5.89. The van der Waals surface area contributed by atoms with Gasteiger partial charge in [0, 0.05) is 31.9 Å². The highest BCUT2D eigenvalue weighted by Gasteiger charge is 2.23. The number of amides is 2. The number of para-hydroxylation sites is 1. The number of carbonyl (C=O) groups is 1. The molecule has 0 aliphatic carbocycles. The monoisotopic (exact) mass is 395 g/mol. The summed E-state index contributed by atoms with van der Waals surface area (Å²) < 4.78 is 15.5. The molecule has 0 spiro atoms. The molecule has 9 heteroatoms. The van der Waals surface area contributed by atoms with Gasteiger partial charge in [-0.3, -0.25) is 0 Å². The van der Waals surface area contributed by atoms with Gasteiger partial charge in [0.25, 0.3) is 0 Å². The lowest BCUT2D eigenvalue weighted by atomic mass is 10.3. The SMILES string of the molecule is Cc1cc(C)n(-c2ccc(N3CCN(C(=O)Nc4ccccc4F)CC3)nn2)n1. The van der Waals surface area contributed by atoms with Crippen LogP contribution in [0.4, 0.5) is 20.7 Å². The second kappa shape index (κ2) is 7.86. The van der Waals surface area contributed by atoms with Crippen molar-refractivity contribution in [1.82, 2.24) is 24.9 Å². The van der Waals surface area contributed by atoms with Crippen molar-refractivity contribution in [2.45, 2.75) is 13.8 Å². The maximum atomic E-state index is 13.7. The minimum atomic E-state index is -0.447. The van der Waals surface area contributed by atoms with Crippen LogP contribution in [0.5, 0.6) is 0 Å². The zero-order chi connectivity index (χ0) is 20.4. The molecule has 29 heavy (non-hydrogen) atoms. The summed E-state index contributed by atoms with van der Waals surface area (Å²) in [5.74, 6) is 0.976. The van der Waals surface area contributed by atoms with Crippen LogP contribution in [0.2, 0.25) is 0 Å². The molecule has 3 heterocycles. The van der Waals surface area contributed by atoms with E-state index in [9.17, 15) is 9.18 Å². The molecule has 1 N–H and O–H groups in total. The summed E-state index contributed by atoms with van der Waals surface area (Å²) in [6.07, 6.45) is 0. The highest BCUT2D eigenvalue weighted by atomic mass is 19.1. The van der Waals surface area contributed by atoms with Gasteiger partial charge in [0.1, 0.15) is 5.82 Å². The fourth-order valence-corrected chi connectivity index (χ4v) is 3.36. The maximum absolute atomic E-state index is 13.7. The number of urea groups is 1. The number of nitrogens with one attached hydrogen (secondary N) is 1. The smallest absolute Gasteiger partial charge is 0.322 e. The molecule has 2 amide bonds. The number of piperazine rings is 1. The van der Waals surface area contributed by atoms with Gasteiger partial charge in [0.15, 0.2) is 11.6 Å². The van der Waals surface area contributed by atoms with Crippen molar-refractivity contribution in [3.8, 4) is 5.82 Å². The Morgan fingerprint density at radius 2 is 1.69 bits per heavy atom. The summed E-state index contributed by atoms with van der Waals surface area (Å²) in [7, 11) is 0. The molecular weight excluding hydrogens is 373 g/mol. The number of anilines is 2. The number of benzene rings is 1. The Kier molecular flexibility index (Phi) is 5.11. The molecule has 1 aliphatic rings. The summed E-state index contributed by atoms with van der Waals surface area (Å²) in [6, 6.07) is 11.6. The van der Waals surface area contributed by atoms with E-state index in [2.05, 4.69) is 25.5 Å². The van der Waals surface area contributed by atoms with Gasteiger partial charge in [-0.05, 0) is 44.2 Å².